The Balaban J connectivity index is 2.77. The van der Waals surface area contributed by atoms with Crippen LogP contribution in [-0.4, -0.2) is 82.0 Å². The lowest BCUT2D eigenvalue weighted by Crippen LogP contribution is -2.58. The summed E-state index contributed by atoms with van der Waals surface area (Å²) in [6, 6.07) is -4.44. The first-order valence-electron chi connectivity index (χ1n) is 9.78. The molecule has 0 spiro atoms. The van der Waals surface area contributed by atoms with Crippen molar-refractivity contribution in [1.29, 1.82) is 0 Å². The zero-order chi connectivity index (χ0) is 23.0. The second kappa shape index (κ2) is 11.5. The molecule has 12 nitrogen and oxygen atoms in total. The van der Waals surface area contributed by atoms with Gasteiger partial charge in [0, 0.05) is 13.0 Å². The predicted molar refractivity (Wildman–Crippen MR) is 105 cm³/mol. The zero-order valence-corrected chi connectivity index (χ0v) is 17.2. The van der Waals surface area contributed by atoms with E-state index in [4.69, 9.17) is 11.5 Å². The van der Waals surface area contributed by atoms with E-state index in [1.165, 1.54) is 4.90 Å². The van der Waals surface area contributed by atoms with E-state index in [1.54, 1.807) is 13.8 Å². The normalized spacial score (nSPS) is 19.1. The number of primary amides is 1. The van der Waals surface area contributed by atoms with E-state index in [1.807, 2.05) is 0 Å². The summed E-state index contributed by atoms with van der Waals surface area (Å²) in [7, 11) is 0. The van der Waals surface area contributed by atoms with Gasteiger partial charge in [0.1, 0.15) is 18.1 Å². The van der Waals surface area contributed by atoms with E-state index in [-0.39, 0.29) is 19.4 Å². The molecule has 1 saturated heterocycles. The predicted octanol–water partition coefficient (Wildman–Crippen LogP) is -2.73. The second-order valence-corrected chi connectivity index (χ2v) is 7.61. The van der Waals surface area contributed by atoms with Crippen LogP contribution in [0.2, 0.25) is 0 Å². The van der Waals surface area contributed by atoms with E-state index >= 15 is 0 Å². The monoisotopic (exact) mass is 429 g/mol. The molecule has 0 aromatic carbocycles. The summed E-state index contributed by atoms with van der Waals surface area (Å²) < 4.78 is 0. The number of carboxylic acids is 1. The fraction of sp³-hybridized carbons (Fsp3) is 0.722. The van der Waals surface area contributed by atoms with Crippen molar-refractivity contribution in [2.24, 2.45) is 17.4 Å². The first-order valence-corrected chi connectivity index (χ1v) is 9.78. The van der Waals surface area contributed by atoms with Crippen LogP contribution in [0.5, 0.6) is 0 Å². The number of nitrogens with one attached hydrogen (secondary N) is 2. The number of hydrogen-bond acceptors (Lipinski definition) is 7. The van der Waals surface area contributed by atoms with Crippen molar-refractivity contribution in [2.75, 3.05) is 13.2 Å². The lowest BCUT2D eigenvalue weighted by molar-refractivity contribution is -0.144. The van der Waals surface area contributed by atoms with E-state index in [2.05, 4.69) is 10.6 Å². The largest absolute Gasteiger partial charge is 0.480 e. The Bertz CT molecular complexity index is 669. The number of aliphatic hydroxyl groups is 1. The Kier molecular flexibility index (Phi) is 9.66. The minimum Gasteiger partial charge on any atom is -0.480 e. The van der Waals surface area contributed by atoms with E-state index in [0.29, 0.717) is 12.8 Å². The number of amides is 4. The van der Waals surface area contributed by atoms with Gasteiger partial charge in [0.2, 0.25) is 23.6 Å². The lowest BCUT2D eigenvalue weighted by atomic mass is 10.0. The Labute approximate surface area is 174 Å². The molecule has 0 aliphatic carbocycles. The highest BCUT2D eigenvalue weighted by molar-refractivity contribution is 5.94. The second-order valence-electron chi connectivity index (χ2n) is 7.61. The van der Waals surface area contributed by atoms with Crippen LogP contribution >= 0.6 is 0 Å². The van der Waals surface area contributed by atoms with Gasteiger partial charge in [-0.3, -0.25) is 19.2 Å². The average Bonchev–Trinajstić information content (AvgIpc) is 3.16. The summed E-state index contributed by atoms with van der Waals surface area (Å²) in [6.45, 7) is 2.75. The summed E-state index contributed by atoms with van der Waals surface area (Å²) >= 11 is 0. The molecular formula is C18H31N5O7. The number of nitrogens with zero attached hydrogens (tertiary/aromatic N) is 1. The number of likely N-dealkylation sites (tertiary alicyclic amines) is 1. The molecule has 8 N–H and O–H groups in total. The molecule has 1 heterocycles. The molecule has 4 amide bonds. The SMILES string of the molecule is CC(C)C(NC(=O)C(CO)NC(=O)C1CCCN1C(=O)C(N)CCC(N)=O)C(=O)O. The summed E-state index contributed by atoms with van der Waals surface area (Å²) in [6.07, 6.45) is 0.859. The maximum atomic E-state index is 12.6. The van der Waals surface area contributed by atoms with Crippen LogP contribution in [0.15, 0.2) is 0 Å². The van der Waals surface area contributed by atoms with Gasteiger partial charge in [-0.1, -0.05) is 13.8 Å². The molecule has 0 radical (unpaired) electrons. The van der Waals surface area contributed by atoms with Gasteiger partial charge >= 0.3 is 5.97 Å². The minimum atomic E-state index is -1.38. The van der Waals surface area contributed by atoms with Crippen LogP contribution in [0.25, 0.3) is 0 Å². The molecular weight excluding hydrogens is 398 g/mol. The van der Waals surface area contributed by atoms with Crippen molar-refractivity contribution in [3.05, 3.63) is 0 Å². The Morgan fingerprint density at radius 3 is 2.30 bits per heavy atom. The zero-order valence-electron chi connectivity index (χ0n) is 17.2. The molecule has 1 fully saturated rings. The van der Waals surface area contributed by atoms with Gasteiger partial charge < -0.3 is 37.2 Å². The molecule has 0 saturated carbocycles. The minimum absolute atomic E-state index is 0.0481. The van der Waals surface area contributed by atoms with Crippen LogP contribution in [0, 0.1) is 5.92 Å². The van der Waals surface area contributed by atoms with Crippen molar-refractivity contribution in [2.45, 2.75) is 63.7 Å². The van der Waals surface area contributed by atoms with Crippen molar-refractivity contribution < 1.29 is 34.2 Å². The topological polar surface area (TPSA) is 205 Å². The maximum absolute atomic E-state index is 12.6. The number of rotatable bonds is 11. The van der Waals surface area contributed by atoms with Crippen molar-refractivity contribution in [1.82, 2.24) is 15.5 Å². The van der Waals surface area contributed by atoms with Crippen LogP contribution in [0.1, 0.15) is 39.5 Å². The van der Waals surface area contributed by atoms with E-state index < -0.39 is 66.3 Å². The van der Waals surface area contributed by atoms with Crippen LogP contribution in [-0.2, 0) is 24.0 Å². The molecule has 0 bridgehead atoms. The highest BCUT2D eigenvalue weighted by Crippen LogP contribution is 2.19. The Hall–Kier alpha value is -2.73. The molecule has 12 heteroatoms. The van der Waals surface area contributed by atoms with Crippen molar-refractivity contribution in [3.8, 4) is 0 Å². The smallest absolute Gasteiger partial charge is 0.326 e. The average molecular weight is 429 g/mol. The number of carbonyl (C=O) groups excluding carboxylic acids is 4. The Morgan fingerprint density at radius 1 is 1.17 bits per heavy atom. The van der Waals surface area contributed by atoms with E-state index in [9.17, 15) is 34.2 Å². The molecule has 170 valence electrons. The van der Waals surface area contributed by atoms with Crippen LogP contribution < -0.4 is 22.1 Å². The molecule has 1 rings (SSSR count). The summed E-state index contributed by atoms with van der Waals surface area (Å²) in [5.74, 6) is -4.25. The molecule has 4 unspecified atom stereocenters. The Morgan fingerprint density at radius 2 is 1.80 bits per heavy atom. The van der Waals surface area contributed by atoms with Gasteiger partial charge in [-0.2, -0.15) is 0 Å². The van der Waals surface area contributed by atoms with Gasteiger partial charge in [-0.05, 0) is 25.2 Å². The molecule has 0 aromatic rings. The number of aliphatic carboxylic acids is 1. The molecule has 1 aliphatic heterocycles. The number of nitrogens with two attached hydrogens (primary N) is 2. The summed E-state index contributed by atoms with van der Waals surface area (Å²) in [5, 5.41) is 23.3. The lowest BCUT2D eigenvalue weighted by Gasteiger charge is -2.28. The number of carbonyl (C=O) groups is 5. The number of aliphatic hydroxyl groups excluding tert-OH is 1. The van der Waals surface area contributed by atoms with Crippen molar-refractivity contribution in [3.63, 3.8) is 0 Å². The van der Waals surface area contributed by atoms with E-state index in [0.717, 1.165) is 0 Å². The fourth-order valence-corrected chi connectivity index (χ4v) is 3.17. The first kappa shape index (κ1) is 25.3. The molecule has 30 heavy (non-hydrogen) atoms. The highest BCUT2D eigenvalue weighted by Gasteiger charge is 2.38. The van der Waals surface area contributed by atoms with Gasteiger partial charge in [-0.25, -0.2) is 4.79 Å². The third kappa shape index (κ3) is 6.95. The van der Waals surface area contributed by atoms with Gasteiger partial charge in [0.25, 0.3) is 0 Å². The van der Waals surface area contributed by atoms with Crippen LogP contribution in [0.3, 0.4) is 0 Å². The first-order chi connectivity index (χ1) is 14.0. The third-order valence-corrected chi connectivity index (χ3v) is 4.90. The van der Waals surface area contributed by atoms with Gasteiger partial charge in [-0.15, -0.1) is 0 Å². The summed E-state index contributed by atoms with van der Waals surface area (Å²) in [4.78, 5) is 60.9. The standard InChI is InChI=1S/C18H31N5O7/c1-9(2)14(18(29)30)22-15(26)11(8-24)21-16(27)12-4-3-7-23(12)17(28)10(19)5-6-13(20)25/h9-12,14,24H,3-8,19H2,1-2H3,(H2,20,25)(H,21,27)(H,22,26)(H,29,30). The maximum Gasteiger partial charge on any atom is 0.326 e. The quantitative estimate of drug-likeness (QED) is 0.203. The number of hydrogen-bond donors (Lipinski definition) is 6. The van der Waals surface area contributed by atoms with Gasteiger partial charge in [0.15, 0.2) is 0 Å². The highest BCUT2D eigenvalue weighted by atomic mass is 16.4. The molecule has 0 aromatic heterocycles. The summed E-state index contributed by atoms with van der Waals surface area (Å²) in [5.41, 5.74) is 10.9. The van der Waals surface area contributed by atoms with Crippen LogP contribution in [0.4, 0.5) is 0 Å². The van der Waals surface area contributed by atoms with Crippen molar-refractivity contribution >= 4 is 29.6 Å². The fourth-order valence-electron chi connectivity index (χ4n) is 3.17. The molecule has 1 aliphatic rings. The third-order valence-electron chi connectivity index (χ3n) is 4.90. The number of carboxylic acid groups (broad SMARTS) is 1. The van der Waals surface area contributed by atoms with Gasteiger partial charge in [0.05, 0.1) is 12.6 Å². The molecule has 4 atom stereocenters.